The van der Waals surface area contributed by atoms with E-state index in [-0.39, 0.29) is 0 Å². The Morgan fingerprint density at radius 1 is 1.45 bits per heavy atom. The number of carbonyl (C=O) groups excluding carboxylic acids is 1. The molecule has 1 amide bonds. The number of rotatable bonds is 2. The Hall–Kier alpha value is -2.45. The summed E-state index contributed by atoms with van der Waals surface area (Å²) in [7, 11) is 0. The minimum absolute atomic E-state index is 0.340. The summed E-state index contributed by atoms with van der Waals surface area (Å²) in [5.41, 5.74) is 2.94. The molecule has 9 heteroatoms. The summed E-state index contributed by atoms with van der Waals surface area (Å²) in [6.45, 7) is 1.00. The molecule has 1 aromatic rings. The van der Waals surface area contributed by atoms with Crippen LogP contribution in [-0.4, -0.2) is 23.1 Å². The Morgan fingerprint density at radius 3 is 2.50 bits per heavy atom. The van der Waals surface area contributed by atoms with E-state index in [1.54, 1.807) is 0 Å². The van der Waals surface area contributed by atoms with E-state index >= 15 is 0 Å². The van der Waals surface area contributed by atoms with Crippen molar-refractivity contribution in [2.24, 2.45) is 10.8 Å². The number of hydrogen-bond donors (Lipinski definition) is 2. The van der Waals surface area contributed by atoms with Crippen LogP contribution in [0.2, 0.25) is 0 Å². The Kier molecular flexibility index (Phi) is 4.43. The second-order valence-electron chi connectivity index (χ2n) is 3.66. The number of hydrogen-bond acceptors (Lipinski definition) is 3. The number of carbonyl (C=O) groups is 1. The fraction of sp³-hybridized carbons (Fsp3) is 0.182. The Morgan fingerprint density at radius 2 is 2.05 bits per heavy atom. The number of hydrazone groups is 1. The highest BCUT2D eigenvalue weighted by molar-refractivity contribution is 5.95. The Bertz CT molecular complexity index is 554. The van der Waals surface area contributed by atoms with Gasteiger partial charge in [0.25, 0.3) is 0 Å². The number of benzene rings is 1. The summed E-state index contributed by atoms with van der Waals surface area (Å²) in [4.78, 5) is 11.0. The molecule has 0 aromatic heterocycles. The van der Waals surface area contributed by atoms with Gasteiger partial charge >= 0.3 is 6.18 Å². The zero-order valence-corrected chi connectivity index (χ0v) is 10.2. The fourth-order valence-electron chi connectivity index (χ4n) is 1.34. The van der Waals surface area contributed by atoms with Crippen molar-refractivity contribution in [3.05, 3.63) is 35.1 Å². The van der Waals surface area contributed by atoms with Crippen LogP contribution >= 0.6 is 0 Å². The first-order chi connectivity index (χ1) is 9.14. The van der Waals surface area contributed by atoms with Crippen LogP contribution in [0.3, 0.4) is 0 Å². The molecule has 20 heavy (non-hydrogen) atoms. The molecule has 0 radical (unpaired) electrons. The molecule has 0 aliphatic carbocycles. The quantitative estimate of drug-likeness (QED) is 0.377. The van der Waals surface area contributed by atoms with Crippen molar-refractivity contribution in [2.75, 3.05) is 0 Å². The van der Waals surface area contributed by atoms with Crippen molar-refractivity contribution < 1.29 is 22.4 Å². The maximum absolute atomic E-state index is 13.5. The number of amides is 1. The molecule has 0 unspecified atom stereocenters. The Labute approximate surface area is 111 Å². The monoisotopic (exact) mass is 290 g/mol. The van der Waals surface area contributed by atoms with Crippen LogP contribution in [0.4, 0.5) is 17.6 Å². The summed E-state index contributed by atoms with van der Waals surface area (Å²) in [5, 5.41) is 10.7. The van der Waals surface area contributed by atoms with Gasteiger partial charge in [0.1, 0.15) is 5.82 Å². The summed E-state index contributed by atoms with van der Waals surface area (Å²) in [6.07, 6.45) is -4.28. The lowest BCUT2D eigenvalue weighted by Crippen LogP contribution is -2.35. The summed E-state index contributed by atoms with van der Waals surface area (Å²) >= 11 is 0. The number of nitrogens with two attached hydrogens (primary N) is 1. The topological polar surface area (TPSA) is 82.5 Å². The van der Waals surface area contributed by atoms with E-state index < -0.39 is 35.0 Å². The maximum Gasteiger partial charge on any atom is 0.417 e. The maximum atomic E-state index is 13.5. The van der Waals surface area contributed by atoms with Gasteiger partial charge in [-0.05, 0) is 12.1 Å². The average Bonchev–Trinajstić information content (AvgIpc) is 2.28. The molecule has 108 valence electrons. The first-order valence-electron chi connectivity index (χ1n) is 5.19. The fourth-order valence-corrected chi connectivity index (χ4v) is 1.34. The Balaban J connectivity index is 3.27. The first kappa shape index (κ1) is 15.6. The standard InChI is InChI=1S/C11H10F4N4O/c1-6(20)19(10(16)17)18-5-7-8(11(13,14)15)3-2-4-9(7)12/h2-5H,1H3,(H3,16,17)/b18-5+. The van der Waals surface area contributed by atoms with Gasteiger partial charge in [-0.1, -0.05) is 6.07 Å². The lowest BCUT2D eigenvalue weighted by molar-refractivity contribution is -0.137. The number of halogens is 4. The van der Waals surface area contributed by atoms with Crippen LogP contribution in [-0.2, 0) is 11.0 Å². The van der Waals surface area contributed by atoms with E-state index in [2.05, 4.69) is 5.10 Å². The van der Waals surface area contributed by atoms with Crippen LogP contribution in [0.5, 0.6) is 0 Å². The van der Waals surface area contributed by atoms with Gasteiger partial charge in [0.05, 0.1) is 11.8 Å². The molecule has 0 heterocycles. The highest BCUT2D eigenvalue weighted by atomic mass is 19.4. The van der Waals surface area contributed by atoms with Gasteiger partial charge in [-0.25, -0.2) is 4.39 Å². The molecule has 3 N–H and O–H groups in total. The van der Waals surface area contributed by atoms with Crippen LogP contribution in [0.15, 0.2) is 23.3 Å². The average molecular weight is 290 g/mol. The van der Waals surface area contributed by atoms with E-state index in [4.69, 9.17) is 11.1 Å². The summed E-state index contributed by atoms with van der Waals surface area (Å²) in [6, 6.07) is 2.40. The first-order valence-corrected chi connectivity index (χ1v) is 5.19. The molecule has 0 fully saturated rings. The van der Waals surface area contributed by atoms with E-state index in [9.17, 15) is 22.4 Å². The molecule has 0 spiro atoms. The highest BCUT2D eigenvalue weighted by Gasteiger charge is 2.34. The predicted molar refractivity (Wildman–Crippen MR) is 63.4 cm³/mol. The third-order valence-electron chi connectivity index (χ3n) is 2.19. The van der Waals surface area contributed by atoms with Crippen LogP contribution in [0.25, 0.3) is 0 Å². The van der Waals surface area contributed by atoms with E-state index in [0.717, 1.165) is 19.1 Å². The molecule has 0 saturated carbocycles. The molecule has 0 saturated heterocycles. The predicted octanol–water partition coefficient (Wildman–Crippen LogP) is 1.92. The molecule has 0 aliphatic rings. The van der Waals surface area contributed by atoms with E-state index in [1.807, 2.05) is 0 Å². The molecule has 0 bridgehead atoms. The lowest BCUT2D eigenvalue weighted by Gasteiger charge is -2.13. The minimum atomic E-state index is -4.78. The SMILES string of the molecule is CC(=O)N(/N=C/c1c(F)cccc1C(F)(F)F)C(=N)N. The van der Waals surface area contributed by atoms with Gasteiger partial charge in [0, 0.05) is 12.5 Å². The second kappa shape index (κ2) is 5.68. The highest BCUT2D eigenvalue weighted by Crippen LogP contribution is 2.32. The van der Waals surface area contributed by atoms with Gasteiger partial charge in [0.2, 0.25) is 11.9 Å². The van der Waals surface area contributed by atoms with E-state index in [1.165, 1.54) is 0 Å². The number of nitrogens with one attached hydrogen (secondary N) is 1. The number of guanidine groups is 1. The van der Waals surface area contributed by atoms with Crippen molar-refractivity contribution in [1.82, 2.24) is 5.01 Å². The molecule has 1 rings (SSSR count). The molecular formula is C11H10F4N4O. The van der Waals surface area contributed by atoms with Gasteiger partial charge in [-0.2, -0.15) is 23.3 Å². The molecule has 1 aromatic carbocycles. The van der Waals surface area contributed by atoms with Gasteiger partial charge in [-0.3, -0.25) is 10.2 Å². The van der Waals surface area contributed by atoms with Gasteiger partial charge < -0.3 is 5.73 Å². The van der Waals surface area contributed by atoms with Gasteiger partial charge in [0.15, 0.2) is 0 Å². The third-order valence-corrected chi connectivity index (χ3v) is 2.19. The third kappa shape index (κ3) is 3.53. The zero-order valence-electron chi connectivity index (χ0n) is 10.2. The molecular weight excluding hydrogens is 280 g/mol. The minimum Gasteiger partial charge on any atom is -0.368 e. The molecule has 0 atom stereocenters. The van der Waals surface area contributed by atoms with Gasteiger partial charge in [-0.15, -0.1) is 0 Å². The summed E-state index contributed by atoms with van der Waals surface area (Å²) in [5.74, 6) is -2.74. The summed E-state index contributed by atoms with van der Waals surface area (Å²) < 4.78 is 51.5. The van der Waals surface area contributed by atoms with Crippen molar-refractivity contribution in [3.8, 4) is 0 Å². The molecule has 5 nitrogen and oxygen atoms in total. The second-order valence-corrected chi connectivity index (χ2v) is 3.66. The lowest BCUT2D eigenvalue weighted by atomic mass is 10.1. The van der Waals surface area contributed by atoms with E-state index in [0.29, 0.717) is 17.3 Å². The normalized spacial score (nSPS) is 11.7. The smallest absolute Gasteiger partial charge is 0.368 e. The number of nitrogens with zero attached hydrogens (tertiary/aromatic N) is 2. The molecule has 0 aliphatic heterocycles. The number of alkyl halides is 3. The largest absolute Gasteiger partial charge is 0.417 e. The zero-order chi connectivity index (χ0) is 15.5. The van der Waals surface area contributed by atoms with Crippen LogP contribution < -0.4 is 5.73 Å². The van der Waals surface area contributed by atoms with Crippen LogP contribution in [0, 0.1) is 11.2 Å². The van der Waals surface area contributed by atoms with Crippen molar-refractivity contribution in [3.63, 3.8) is 0 Å². The van der Waals surface area contributed by atoms with Crippen LogP contribution in [0.1, 0.15) is 18.1 Å². The van der Waals surface area contributed by atoms with Crippen molar-refractivity contribution >= 4 is 18.1 Å². The van der Waals surface area contributed by atoms with Crippen molar-refractivity contribution in [1.29, 1.82) is 5.41 Å². The van der Waals surface area contributed by atoms with Crippen molar-refractivity contribution in [2.45, 2.75) is 13.1 Å².